The van der Waals surface area contributed by atoms with Crippen LogP contribution in [0.2, 0.25) is 0 Å². The van der Waals surface area contributed by atoms with Crippen LogP contribution in [0.25, 0.3) is 0 Å². The Kier molecular flexibility index (Phi) is 6.82. The summed E-state index contributed by atoms with van der Waals surface area (Å²) in [6, 6.07) is 17.1. The molecule has 0 aliphatic rings. The molecule has 0 spiro atoms. The Morgan fingerprint density at radius 3 is 2.54 bits per heavy atom. The molecule has 0 heterocycles. The number of methoxy groups -OCH3 is 1. The highest BCUT2D eigenvalue weighted by atomic mass is 16.5. The summed E-state index contributed by atoms with van der Waals surface area (Å²) in [6.45, 7) is 5.31. The van der Waals surface area contributed by atoms with Gasteiger partial charge in [-0.1, -0.05) is 50.2 Å². The fraction of sp³-hybridized carbons (Fsp3) is 0.350. The van der Waals surface area contributed by atoms with Crippen LogP contribution < -0.4 is 15.4 Å². The number of carbonyl (C=O) groups excluding carboxylic acids is 1. The number of hydrogen-bond acceptors (Lipinski definition) is 2. The molecule has 0 aliphatic heterocycles. The van der Waals surface area contributed by atoms with Gasteiger partial charge in [-0.15, -0.1) is 0 Å². The van der Waals surface area contributed by atoms with E-state index < -0.39 is 0 Å². The zero-order valence-electron chi connectivity index (χ0n) is 14.7. The third-order valence-corrected chi connectivity index (χ3v) is 3.92. The largest absolute Gasteiger partial charge is 0.497 e. The van der Waals surface area contributed by atoms with Gasteiger partial charge in [-0.05, 0) is 24.5 Å². The molecular formula is C20H27N2O2+. The molecular weight excluding hydrogens is 300 g/mol. The summed E-state index contributed by atoms with van der Waals surface area (Å²) in [7, 11) is 1.62. The first kappa shape index (κ1) is 18.0. The normalized spacial score (nSPS) is 12.0. The van der Waals surface area contributed by atoms with Gasteiger partial charge < -0.3 is 15.4 Å². The van der Waals surface area contributed by atoms with Gasteiger partial charge in [-0.2, -0.15) is 0 Å². The molecule has 128 valence electrons. The molecule has 4 nitrogen and oxygen atoms in total. The number of quaternary nitrogens is 1. The minimum absolute atomic E-state index is 0.0155. The number of benzene rings is 2. The van der Waals surface area contributed by atoms with Gasteiger partial charge in [-0.3, -0.25) is 4.79 Å². The van der Waals surface area contributed by atoms with Crippen LogP contribution in [0.15, 0.2) is 54.6 Å². The Labute approximate surface area is 144 Å². The van der Waals surface area contributed by atoms with Crippen LogP contribution in [0.4, 0.5) is 5.69 Å². The first-order chi connectivity index (χ1) is 11.6. The van der Waals surface area contributed by atoms with E-state index in [1.54, 1.807) is 7.11 Å². The SMILES string of the molecule is COc1cccc(NC(=O)[C@H]([NH2+]CCC(C)C)c2ccccc2)c1. The lowest BCUT2D eigenvalue weighted by Crippen LogP contribution is -2.87. The van der Waals surface area contributed by atoms with Crippen molar-refractivity contribution < 1.29 is 14.8 Å². The lowest BCUT2D eigenvalue weighted by atomic mass is 10.0. The number of anilines is 1. The molecule has 0 radical (unpaired) electrons. The van der Waals surface area contributed by atoms with Crippen LogP contribution in [0.5, 0.6) is 5.75 Å². The molecule has 0 saturated carbocycles. The van der Waals surface area contributed by atoms with Crippen molar-refractivity contribution in [3.8, 4) is 5.75 Å². The number of amides is 1. The lowest BCUT2D eigenvalue weighted by Gasteiger charge is -2.17. The highest BCUT2D eigenvalue weighted by Crippen LogP contribution is 2.18. The smallest absolute Gasteiger partial charge is 0.287 e. The lowest BCUT2D eigenvalue weighted by molar-refractivity contribution is -0.683. The van der Waals surface area contributed by atoms with Crippen molar-refractivity contribution in [2.75, 3.05) is 19.0 Å². The molecule has 0 fully saturated rings. The molecule has 0 aliphatic carbocycles. The molecule has 2 aromatic rings. The molecule has 2 aromatic carbocycles. The van der Waals surface area contributed by atoms with Crippen molar-refractivity contribution in [3.05, 3.63) is 60.2 Å². The number of ether oxygens (including phenoxy) is 1. The summed E-state index contributed by atoms with van der Waals surface area (Å²) in [4.78, 5) is 12.8. The maximum atomic E-state index is 12.8. The van der Waals surface area contributed by atoms with Gasteiger partial charge >= 0.3 is 0 Å². The Hall–Kier alpha value is -2.33. The number of nitrogens with one attached hydrogen (secondary N) is 1. The van der Waals surface area contributed by atoms with Crippen molar-refractivity contribution in [3.63, 3.8) is 0 Å². The molecule has 1 amide bonds. The summed E-state index contributed by atoms with van der Waals surface area (Å²) in [5, 5.41) is 5.12. The average Bonchev–Trinajstić information content (AvgIpc) is 2.59. The second-order valence-corrected chi connectivity index (χ2v) is 6.32. The summed E-state index contributed by atoms with van der Waals surface area (Å²) in [6.07, 6.45) is 1.08. The van der Waals surface area contributed by atoms with Crippen LogP contribution in [0.1, 0.15) is 31.9 Å². The fourth-order valence-electron chi connectivity index (χ4n) is 2.57. The summed E-state index contributed by atoms with van der Waals surface area (Å²) in [5.41, 5.74) is 1.76. The maximum absolute atomic E-state index is 12.8. The van der Waals surface area contributed by atoms with E-state index >= 15 is 0 Å². The third kappa shape index (κ3) is 5.39. The highest BCUT2D eigenvalue weighted by molar-refractivity contribution is 5.94. The number of hydrogen-bond donors (Lipinski definition) is 2. The van der Waals surface area contributed by atoms with Crippen molar-refractivity contribution >= 4 is 11.6 Å². The van der Waals surface area contributed by atoms with E-state index in [0.717, 1.165) is 30.0 Å². The Morgan fingerprint density at radius 2 is 1.88 bits per heavy atom. The van der Waals surface area contributed by atoms with E-state index in [9.17, 15) is 4.79 Å². The number of rotatable bonds is 8. The van der Waals surface area contributed by atoms with E-state index in [-0.39, 0.29) is 11.9 Å². The summed E-state index contributed by atoms with van der Waals surface area (Å²) in [5.74, 6) is 1.34. The van der Waals surface area contributed by atoms with Gasteiger partial charge in [-0.25, -0.2) is 0 Å². The molecule has 1 atom stereocenters. The van der Waals surface area contributed by atoms with Crippen LogP contribution in [-0.2, 0) is 4.79 Å². The van der Waals surface area contributed by atoms with Gasteiger partial charge in [0.25, 0.3) is 5.91 Å². The second-order valence-electron chi connectivity index (χ2n) is 6.32. The van der Waals surface area contributed by atoms with E-state index in [1.807, 2.05) is 54.6 Å². The van der Waals surface area contributed by atoms with E-state index in [2.05, 4.69) is 24.5 Å². The van der Waals surface area contributed by atoms with E-state index in [0.29, 0.717) is 5.92 Å². The van der Waals surface area contributed by atoms with E-state index in [4.69, 9.17) is 4.74 Å². The standard InChI is InChI=1S/C20H26N2O2/c1-15(2)12-13-21-19(16-8-5-4-6-9-16)20(23)22-17-10-7-11-18(14-17)24-3/h4-11,14-15,19,21H,12-13H2,1-3H3,(H,22,23)/p+1/t19-/m1/s1. The van der Waals surface area contributed by atoms with Gasteiger partial charge in [0.2, 0.25) is 0 Å². The van der Waals surface area contributed by atoms with Crippen molar-refractivity contribution in [1.82, 2.24) is 0 Å². The minimum Gasteiger partial charge on any atom is -0.497 e. The fourth-order valence-corrected chi connectivity index (χ4v) is 2.57. The Bertz CT molecular complexity index is 641. The topological polar surface area (TPSA) is 54.9 Å². The molecule has 24 heavy (non-hydrogen) atoms. The summed E-state index contributed by atoms with van der Waals surface area (Å²) >= 11 is 0. The van der Waals surface area contributed by atoms with Crippen molar-refractivity contribution in [1.29, 1.82) is 0 Å². The third-order valence-electron chi connectivity index (χ3n) is 3.92. The van der Waals surface area contributed by atoms with Crippen LogP contribution in [0, 0.1) is 5.92 Å². The monoisotopic (exact) mass is 327 g/mol. The van der Waals surface area contributed by atoms with Crippen LogP contribution >= 0.6 is 0 Å². The maximum Gasteiger partial charge on any atom is 0.287 e. The molecule has 0 bridgehead atoms. The first-order valence-electron chi connectivity index (χ1n) is 8.43. The average molecular weight is 327 g/mol. The Morgan fingerprint density at radius 1 is 1.12 bits per heavy atom. The zero-order chi connectivity index (χ0) is 17.4. The van der Waals surface area contributed by atoms with Gasteiger partial charge in [0.15, 0.2) is 6.04 Å². The van der Waals surface area contributed by atoms with Gasteiger partial charge in [0.05, 0.1) is 13.7 Å². The molecule has 2 rings (SSSR count). The first-order valence-corrected chi connectivity index (χ1v) is 8.43. The van der Waals surface area contributed by atoms with Crippen LogP contribution in [0.3, 0.4) is 0 Å². The predicted octanol–water partition coefficient (Wildman–Crippen LogP) is 2.98. The Balaban J connectivity index is 2.11. The minimum atomic E-state index is -0.254. The molecule has 0 aromatic heterocycles. The molecule has 0 unspecified atom stereocenters. The molecule has 0 saturated heterocycles. The van der Waals surface area contributed by atoms with Gasteiger partial charge in [0.1, 0.15) is 5.75 Å². The van der Waals surface area contributed by atoms with Crippen molar-refractivity contribution in [2.24, 2.45) is 5.92 Å². The second kappa shape index (κ2) is 9.08. The predicted molar refractivity (Wildman–Crippen MR) is 97.1 cm³/mol. The molecule has 4 heteroatoms. The van der Waals surface area contributed by atoms with E-state index in [1.165, 1.54) is 0 Å². The number of carbonyl (C=O) groups is 1. The van der Waals surface area contributed by atoms with Crippen molar-refractivity contribution in [2.45, 2.75) is 26.3 Å². The van der Waals surface area contributed by atoms with Crippen LogP contribution in [-0.4, -0.2) is 19.6 Å². The van der Waals surface area contributed by atoms with Gasteiger partial charge in [0, 0.05) is 17.3 Å². The molecule has 3 N–H and O–H groups in total. The highest BCUT2D eigenvalue weighted by Gasteiger charge is 2.24. The quantitative estimate of drug-likeness (QED) is 0.783. The number of nitrogens with two attached hydrogens (primary N) is 1. The summed E-state index contributed by atoms with van der Waals surface area (Å²) < 4.78 is 5.21. The zero-order valence-corrected chi connectivity index (χ0v) is 14.7.